The zero-order chi connectivity index (χ0) is 18.1. The van der Waals surface area contributed by atoms with Gasteiger partial charge in [0.25, 0.3) is 0 Å². The molecule has 2 bridgehead atoms. The first-order chi connectivity index (χ1) is 12.7. The summed E-state index contributed by atoms with van der Waals surface area (Å²) >= 11 is 0. The first-order valence-corrected chi connectivity index (χ1v) is 9.95. The van der Waals surface area contributed by atoms with Crippen molar-refractivity contribution in [3.8, 4) is 17.2 Å². The quantitative estimate of drug-likeness (QED) is 0.621. The molecule has 1 aromatic rings. The summed E-state index contributed by atoms with van der Waals surface area (Å²) in [7, 11) is 3.16. The van der Waals surface area contributed by atoms with Gasteiger partial charge in [-0.2, -0.15) is 0 Å². The van der Waals surface area contributed by atoms with E-state index in [-0.39, 0.29) is 5.75 Å². The highest BCUT2D eigenvalue weighted by Crippen LogP contribution is 2.42. The number of ether oxygens (including phenoxy) is 2. The Bertz CT molecular complexity index is 642. The summed E-state index contributed by atoms with van der Waals surface area (Å²) in [6.45, 7) is 7.25. The second kappa shape index (κ2) is 7.49. The van der Waals surface area contributed by atoms with Gasteiger partial charge in [0, 0.05) is 11.5 Å². The maximum Gasteiger partial charge on any atom is 0.200 e. The molecule has 1 saturated heterocycles. The lowest BCUT2D eigenvalue weighted by Gasteiger charge is -2.32. The molecule has 5 heteroatoms. The number of allylic oxidation sites excluding steroid dienone is 2. The Kier molecular flexibility index (Phi) is 5.09. The number of aromatic hydroxyl groups is 1. The summed E-state index contributed by atoms with van der Waals surface area (Å²) in [5, 5.41) is 10.1. The van der Waals surface area contributed by atoms with Gasteiger partial charge in [-0.3, -0.25) is 0 Å². The fraction of sp³-hybridized carbons (Fsp3) is 0.619. The lowest BCUT2D eigenvalue weighted by molar-refractivity contribution is -1.02. The highest BCUT2D eigenvalue weighted by atomic mass is 16.5. The van der Waals surface area contributed by atoms with Gasteiger partial charge < -0.3 is 24.4 Å². The molecule has 2 aliphatic carbocycles. The number of rotatable bonds is 6. The predicted octanol–water partition coefficient (Wildman–Crippen LogP) is -0.0950. The third-order valence-corrected chi connectivity index (χ3v) is 6.63. The minimum absolute atomic E-state index is 0.0860. The molecule has 1 aromatic carbocycles. The van der Waals surface area contributed by atoms with Crippen LogP contribution in [0.4, 0.5) is 0 Å². The molecule has 3 atom stereocenters. The second-order valence-electron chi connectivity index (χ2n) is 8.27. The lowest BCUT2D eigenvalue weighted by atomic mass is 9.93. The van der Waals surface area contributed by atoms with Crippen LogP contribution in [0.5, 0.6) is 17.2 Å². The van der Waals surface area contributed by atoms with Crippen LogP contribution in [0, 0.1) is 17.8 Å². The summed E-state index contributed by atoms with van der Waals surface area (Å²) in [5.74, 6) is 3.75. The Balaban J connectivity index is 1.30. The zero-order valence-electron chi connectivity index (χ0n) is 16.0. The minimum atomic E-state index is 0.0860. The maximum absolute atomic E-state index is 10.1. The van der Waals surface area contributed by atoms with E-state index in [0.29, 0.717) is 11.5 Å². The lowest BCUT2D eigenvalue weighted by Crippen LogP contribution is -3.27. The highest BCUT2D eigenvalue weighted by molar-refractivity contribution is 5.52. The van der Waals surface area contributed by atoms with Crippen LogP contribution in [0.15, 0.2) is 24.3 Å². The summed E-state index contributed by atoms with van der Waals surface area (Å²) in [5.41, 5.74) is 1.16. The van der Waals surface area contributed by atoms with Gasteiger partial charge >= 0.3 is 0 Å². The smallest absolute Gasteiger partial charge is 0.200 e. The van der Waals surface area contributed by atoms with Gasteiger partial charge in [-0.15, -0.1) is 0 Å². The molecule has 1 aliphatic heterocycles. The molecule has 5 nitrogen and oxygen atoms in total. The number of piperazine rings is 1. The van der Waals surface area contributed by atoms with Crippen molar-refractivity contribution in [2.24, 2.45) is 17.8 Å². The van der Waals surface area contributed by atoms with Gasteiger partial charge in [0.05, 0.1) is 20.8 Å². The van der Waals surface area contributed by atoms with Crippen molar-refractivity contribution in [1.29, 1.82) is 0 Å². The van der Waals surface area contributed by atoms with Gasteiger partial charge in [-0.1, -0.05) is 12.2 Å². The van der Waals surface area contributed by atoms with E-state index >= 15 is 0 Å². The topological polar surface area (TPSA) is 47.6 Å². The summed E-state index contributed by atoms with van der Waals surface area (Å²) < 4.78 is 10.6. The van der Waals surface area contributed by atoms with E-state index < -0.39 is 0 Å². The standard InChI is InChI=1S/C21H30N2O3/c1-25-19-11-16(12-20(26-2)21(19)24)13-22-5-7-23(8-6-22)14-18-10-15-3-4-17(18)9-15/h3-4,11-12,15,17-18,24H,5-10,13-14H2,1-2H3/p+2/t15-,17+,18-/m1/s1. The number of hydrogen-bond donors (Lipinski definition) is 3. The number of methoxy groups -OCH3 is 2. The largest absolute Gasteiger partial charge is 0.502 e. The van der Waals surface area contributed by atoms with Crippen LogP contribution in [0.3, 0.4) is 0 Å². The van der Waals surface area contributed by atoms with Crippen LogP contribution in [0.25, 0.3) is 0 Å². The number of hydrogen-bond acceptors (Lipinski definition) is 3. The molecule has 0 spiro atoms. The van der Waals surface area contributed by atoms with Crippen molar-refractivity contribution in [2.75, 3.05) is 46.9 Å². The molecule has 2 fully saturated rings. The number of fused-ring (bicyclic) bond motifs is 2. The number of nitrogens with one attached hydrogen (secondary N) is 2. The van der Waals surface area contributed by atoms with Crippen molar-refractivity contribution in [3.05, 3.63) is 29.8 Å². The first kappa shape index (κ1) is 17.7. The molecule has 1 saturated carbocycles. The van der Waals surface area contributed by atoms with Crippen molar-refractivity contribution < 1.29 is 24.4 Å². The predicted molar refractivity (Wildman–Crippen MR) is 100 cm³/mol. The summed E-state index contributed by atoms with van der Waals surface area (Å²) in [6, 6.07) is 3.87. The van der Waals surface area contributed by atoms with Crippen LogP contribution in [-0.2, 0) is 6.54 Å². The third kappa shape index (κ3) is 3.55. The van der Waals surface area contributed by atoms with Crippen LogP contribution in [0.1, 0.15) is 18.4 Å². The Morgan fingerprint density at radius 3 is 2.15 bits per heavy atom. The Morgan fingerprint density at radius 2 is 1.62 bits per heavy atom. The molecule has 4 rings (SSSR count). The molecule has 26 heavy (non-hydrogen) atoms. The first-order valence-electron chi connectivity index (χ1n) is 9.95. The van der Waals surface area contributed by atoms with Gasteiger partial charge in [-0.25, -0.2) is 0 Å². The van der Waals surface area contributed by atoms with Crippen LogP contribution in [-0.4, -0.2) is 52.0 Å². The van der Waals surface area contributed by atoms with Gasteiger partial charge in [0.1, 0.15) is 32.7 Å². The molecular formula is C21H32N2O3+2. The fourth-order valence-electron chi connectivity index (χ4n) is 5.18. The highest BCUT2D eigenvalue weighted by Gasteiger charge is 2.38. The molecule has 1 heterocycles. The van der Waals surface area contributed by atoms with E-state index in [0.717, 1.165) is 29.9 Å². The van der Waals surface area contributed by atoms with E-state index in [4.69, 9.17) is 9.47 Å². The number of quaternary nitrogens is 2. The van der Waals surface area contributed by atoms with E-state index in [1.54, 1.807) is 24.0 Å². The van der Waals surface area contributed by atoms with Crippen LogP contribution >= 0.6 is 0 Å². The Morgan fingerprint density at radius 1 is 0.962 bits per heavy atom. The number of phenolic OH excluding ortho intramolecular Hbond substituents is 1. The second-order valence-corrected chi connectivity index (χ2v) is 8.27. The van der Waals surface area contributed by atoms with Gasteiger partial charge in [-0.05, 0) is 36.8 Å². The fourth-order valence-corrected chi connectivity index (χ4v) is 5.18. The Labute approximate surface area is 156 Å². The SMILES string of the molecule is COc1cc(C[NH+]2CC[NH+](C[C@H]3C[C@@H]4C=C[C@H]3C4)CC2)cc(OC)c1O. The van der Waals surface area contributed by atoms with Crippen molar-refractivity contribution in [3.63, 3.8) is 0 Å². The van der Waals surface area contributed by atoms with E-state index in [1.165, 1.54) is 45.6 Å². The Hall–Kier alpha value is -1.72. The zero-order valence-corrected chi connectivity index (χ0v) is 16.0. The molecular weight excluding hydrogens is 328 g/mol. The van der Waals surface area contributed by atoms with Crippen LogP contribution < -0.4 is 19.3 Å². The molecule has 0 radical (unpaired) electrons. The summed E-state index contributed by atoms with van der Waals surface area (Å²) in [6.07, 6.45) is 7.76. The number of benzene rings is 1. The molecule has 0 amide bonds. The molecule has 0 unspecified atom stereocenters. The average molecular weight is 360 g/mol. The van der Waals surface area contributed by atoms with Crippen LogP contribution in [0.2, 0.25) is 0 Å². The van der Waals surface area contributed by atoms with E-state index in [2.05, 4.69) is 12.2 Å². The monoisotopic (exact) mass is 360 g/mol. The minimum Gasteiger partial charge on any atom is -0.502 e. The normalized spacial score (nSPS) is 32.8. The van der Waals surface area contributed by atoms with Crippen molar-refractivity contribution >= 4 is 0 Å². The van der Waals surface area contributed by atoms with Gasteiger partial charge in [0.2, 0.25) is 5.75 Å². The maximum atomic E-state index is 10.1. The third-order valence-electron chi connectivity index (χ3n) is 6.63. The number of phenols is 1. The van der Waals surface area contributed by atoms with Gasteiger partial charge in [0.15, 0.2) is 11.5 Å². The average Bonchev–Trinajstić information content (AvgIpc) is 3.27. The molecule has 3 N–H and O–H groups in total. The van der Waals surface area contributed by atoms with E-state index in [1.807, 2.05) is 12.1 Å². The van der Waals surface area contributed by atoms with Crippen molar-refractivity contribution in [2.45, 2.75) is 19.4 Å². The molecule has 142 valence electrons. The van der Waals surface area contributed by atoms with Crippen molar-refractivity contribution in [1.82, 2.24) is 0 Å². The molecule has 0 aromatic heterocycles. The summed E-state index contributed by atoms with van der Waals surface area (Å²) in [4.78, 5) is 3.40. The van der Waals surface area contributed by atoms with E-state index in [9.17, 15) is 5.11 Å². The molecule has 3 aliphatic rings.